The summed E-state index contributed by atoms with van der Waals surface area (Å²) in [6.07, 6.45) is -4.15. The summed E-state index contributed by atoms with van der Waals surface area (Å²) >= 11 is 0. The van der Waals surface area contributed by atoms with Gasteiger partial charge in [0.1, 0.15) is 5.75 Å². The maximum atomic E-state index is 13.6. The van der Waals surface area contributed by atoms with Gasteiger partial charge in [0.2, 0.25) is 0 Å². The second-order valence-corrected chi connectivity index (χ2v) is 5.37. The predicted molar refractivity (Wildman–Crippen MR) is 74.5 cm³/mol. The van der Waals surface area contributed by atoms with Crippen molar-refractivity contribution in [3.05, 3.63) is 65.7 Å². The lowest BCUT2D eigenvalue weighted by molar-refractivity contribution is -0.162. The molecule has 110 valence electrons. The minimum absolute atomic E-state index is 0.104. The van der Waals surface area contributed by atoms with Gasteiger partial charge in [0.15, 0.2) is 0 Å². The molecule has 2 aromatic carbocycles. The molecule has 1 aliphatic carbocycles. The van der Waals surface area contributed by atoms with Crippen molar-refractivity contribution in [1.82, 2.24) is 0 Å². The first-order valence-electron chi connectivity index (χ1n) is 6.75. The second-order valence-electron chi connectivity index (χ2n) is 5.37. The van der Waals surface area contributed by atoms with E-state index in [1.165, 1.54) is 7.11 Å². The number of hydrogen-bond donors (Lipinski definition) is 0. The monoisotopic (exact) mass is 292 g/mol. The number of ether oxygens (including phenoxy) is 1. The zero-order valence-electron chi connectivity index (χ0n) is 11.5. The summed E-state index contributed by atoms with van der Waals surface area (Å²) in [4.78, 5) is 0. The van der Waals surface area contributed by atoms with Crippen molar-refractivity contribution in [3.63, 3.8) is 0 Å². The summed E-state index contributed by atoms with van der Waals surface area (Å²) in [6.45, 7) is 0. The van der Waals surface area contributed by atoms with E-state index in [0.29, 0.717) is 16.9 Å². The summed E-state index contributed by atoms with van der Waals surface area (Å²) in [7, 11) is 1.54. The second kappa shape index (κ2) is 4.79. The van der Waals surface area contributed by atoms with E-state index in [0.717, 1.165) is 0 Å². The minimum Gasteiger partial charge on any atom is -0.497 e. The van der Waals surface area contributed by atoms with Crippen molar-refractivity contribution in [2.24, 2.45) is 0 Å². The number of alkyl halides is 3. The van der Waals surface area contributed by atoms with E-state index in [-0.39, 0.29) is 6.42 Å². The summed E-state index contributed by atoms with van der Waals surface area (Å²) < 4.78 is 46.0. The number of benzene rings is 2. The summed E-state index contributed by atoms with van der Waals surface area (Å²) in [5.74, 6) is 0.127. The molecule has 0 unspecified atom stereocenters. The molecule has 0 aliphatic heterocycles. The van der Waals surface area contributed by atoms with Gasteiger partial charge >= 0.3 is 6.18 Å². The molecule has 0 amide bonds. The third-order valence-corrected chi connectivity index (χ3v) is 4.27. The van der Waals surface area contributed by atoms with E-state index < -0.39 is 17.5 Å². The molecular formula is C17H15F3O. The Hall–Kier alpha value is -1.97. The van der Waals surface area contributed by atoms with Crippen LogP contribution in [0.15, 0.2) is 54.6 Å². The van der Waals surface area contributed by atoms with Crippen LogP contribution in [0.3, 0.4) is 0 Å². The third kappa shape index (κ3) is 2.19. The quantitative estimate of drug-likeness (QED) is 0.798. The lowest BCUT2D eigenvalue weighted by Gasteiger charge is -2.22. The minimum atomic E-state index is -4.25. The highest BCUT2D eigenvalue weighted by atomic mass is 19.4. The van der Waals surface area contributed by atoms with Gasteiger partial charge in [-0.15, -0.1) is 0 Å². The van der Waals surface area contributed by atoms with Crippen LogP contribution < -0.4 is 4.74 Å². The summed E-state index contributed by atoms with van der Waals surface area (Å²) in [6, 6.07) is 15.0. The van der Waals surface area contributed by atoms with Crippen LogP contribution in [0, 0.1) is 0 Å². The first kappa shape index (κ1) is 14.0. The van der Waals surface area contributed by atoms with Crippen LogP contribution in [0.1, 0.15) is 23.5 Å². The van der Waals surface area contributed by atoms with Crippen LogP contribution in [-0.4, -0.2) is 13.3 Å². The molecule has 3 rings (SSSR count). The Morgan fingerprint density at radius 1 is 1.00 bits per heavy atom. The van der Waals surface area contributed by atoms with Crippen LogP contribution in [-0.2, 0) is 5.41 Å². The van der Waals surface area contributed by atoms with Crippen LogP contribution in [0.4, 0.5) is 13.2 Å². The van der Waals surface area contributed by atoms with E-state index >= 15 is 0 Å². The molecule has 0 radical (unpaired) electrons. The van der Waals surface area contributed by atoms with Crippen molar-refractivity contribution < 1.29 is 17.9 Å². The lowest BCUT2D eigenvalue weighted by atomic mass is 9.90. The summed E-state index contributed by atoms with van der Waals surface area (Å²) in [5, 5.41) is 0. The van der Waals surface area contributed by atoms with E-state index in [9.17, 15) is 13.2 Å². The Balaban J connectivity index is 1.98. The zero-order valence-corrected chi connectivity index (χ0v) is 11.5. The normalized spacial score (nSPS) is 24.7. The van der Waals surface area contributed by atoms with Gasteiger partial charge in [-0.2, -0.15) is 13.2 Å². The average molecular weight is 292 g/mol. The fraction of sp³-hybridized carbons (Fsp3) is 0.294. The van der Waals surface area contributed by atoms with Crippen LogP contribution >= 0.6 is 0 Å². The molecule has 4 heteroatoms. The molecule has 0 heterocycles. The standard InChI is InChI=1S/C17H15F3O/c1-21-14-9-7-12(8-10-14)15-11-16(15,17(18,19)20)13-5-3-2-4-6-13/h2-10,15H,11H2,1H3/t15-,16-/m0/s1. The molecule has 1 aliphatic rings. The van der Waals surface area contributed by atoms with Gasteiger partial charge in [0, 0.05) is 5.92 Å². The summed E-state index contributed by atoms with van der Waals surface area (Å²) in [5.41, 5.74) is -0.696. The van der Waals surface area contributed by atoms with Gasteiger partial charge in [-0.3, -0.25) is 0 Å². The molecule has 0 spiro atoms. The number of rotatable bonds is 3. The van der Waals surface area contributed by atoms with Crippen LogP contribution in [0.5, 0.6) is 5.75 Å². The molecule has 2 atom stereocenters. The molecule has 0 saturated heterocycles. The van der Waals surface area contributed by atoms with E-state index in [4.69, 9.17) is 4.74 Å². The highest BCUT2D eigenvalue weighted by Crippen LogP contribution is 2.68. The molecular weight excluding hydrogens is 277 g/mol. The zero-order chi connectivity index (χ0) is 15.1. The molecule has 2 aromatic rings. The Morgan fingerprint density at radius 2 is 1.62 bits per heavy atom. The number of halogens is 3. The molecule has 1 saturated carbocycles. The van der Waals surface area contributed by atoms with Crippen LogP contribution in [0.25, 0.3) is 0 Å². The Bertz CT molecular complexity index is 619. The smallest absolute Gasteiger partial charge is 0.399 e. The predicted octanol–water partition coefficient (Wildman–Crippen LogP) is 4.68. The van der Waals surface area contributed by atoms with Crippen molar-refractivity contribution in [1.29, 1.82) is 0 Å². The first-order valence-corrected chi connectivity index (χ1v) is 6.75. The van der Waals surface area contributed by atoms with Crippen molar-refractivity contribution in [3.8, 4) is 5.75 Å². The topological polar surface area (TPSA) is 9.23 Å². The molecule has 0 bridgehead atoms. The fourth-order valence-electron chi connectivity index (χ4n) is 3.03. The van der Waals surface area contributed by atoms with Gasteiger partial charge in [-0.1, -0.05) is 42.5 Å². The van der Waals surface area contributed by atoms with Crippen LogP contribution in [0.2, 0.25) is 0 Å². The lowest BCUT2D eigenvalue weighted by Crippen LogP contribution is -2.30. The molecule has 1 nitrogen and oxygen atoms in total. The maximum Gasteiger partial charge on any atom is 0.399 e. The molecule has 1 fully saturated rings. The van der Waals surface area contributed by atoms with E-state index in [2.05, 4.69) is 0 Å². The van der Waals surface area contributed by atoms with Crippen molar-refractivity contribution in [2.75, 3.05) is 7.11 Å². The van der Waals surface area contributed by atoms with Gasteiger partial charge in [0.05, 0.1) is 12.5 Å². The Morgan fingerprint density at radius 3 is 2.14 bits per heavy atom. The van der Waals surface area contributed by atoms with E-state index in [1.807, 2.05) is 0 Å². The van der Waals surface area contributed by atoms with Gasteiger partial charge in [-0.05, 0) is 29.7 Å². The molecule has 0 N–H and O–H groups in total. The fourth-order valence-corrected chi connectivity index (χ4v) is 3.03. The van der Waals surface area contributed by atoms with Crippen molar-refractivity contribution >= 4 is 0 Å². The first-order chi connectivity index (χ1) is 9.99. The van der Waals surface area contributed by atoms with Gasteiger partial charge in [-0.25, -0.2) is 0 Å². The SMILES string of the molecule is COc1ccc([C@@H]2C[C@@]2(c2ccccc2)C(F)(F)F)cc1. The molecule has 21 heavy (non-hydrogen) atoms. The van der Waals surface area contributed by atoms with Gasteiger partial charge in [0.25, 0.3) is 0 Å². The van der Waals surface area contributed by atoms with Gasteiger partial charge < -0.3 is 4.74 Å². The number of methoxy groups -OCH3 is 1. The maximum absolute atomic E-state index is 13.6. The third-order valence-electron chi connectivity index (χ3n) is 4.27. The Labute approximate surface area is 121 Å². The Kier molecular flexibility index (Phi) is 3.19. The van der Waals surface area contributed by atoms with Crippen molar-refractivity contribution in [2.45, 2.75) is 23.9 Å². The average Bonchev–Trinajstić information content (AvgIpc) is 3.25. The highest BCUT2D eigenvalue weighted by molar-refractivity contribution is 5.46. The largest absolute Gasteiger partial charge is 0.497 e. The van der Waals surface area contributed by atoms with E-state index in [1.54, 1.807) is 54.6 Å². The number of hydrogen-bond acceptors (Lipinski definition) is 1. The molecule has 0 aromatic heterocycles. The highest BCUT2D eigenvalue weighted by Gasteiger charge is 2.71.